The third-order valence-corrected chi connectivity index (χ3v) is 2.95. The molecule has 74 valence electrons. The van der Waals surface area contributed by atoms with E-state index in [1.54, 1.807) is 0 Å². The fourth-order valence-electron chi connectivity index (χ4n) is 2.08. The van der Waals surface area contributed by atoms with Crippen LogP contribution in [-0.4, -0.2) is 23.8 Å². The first-order valence-electron chi connectivity index (χ1n) is 5.11. The maximum absolute atomic E-state index is 10.9. The van der Waals surface area contributed by atoms with E-state index in [4.69, 9.17) is 0 Å². The number of carbonyl (C=O) groups is 1. The van der Waals surface area contributed by atoms with Crippen molar-refractivity contribution in [2.45, 2.75) is 25.9 Å². The van der Waals surface area contributed by atoms with Crippen LogP contribution in [0.1, 0.15) is 18.1 Å². The second-order valence-corrected chi connectivity index (χ2v) is 3.74. The highest BCUT2D eigenvalue weighted by Crippen LogP contribution is 2.21. The summed E-state index contributed by atoms with van der Waals surface area (Å²) in [5.74, 6) is 0. The summed E-state index contributed by atoms with van der Waals surface area (Å²) in [6.45, 7) is 3.96. The van der Waals surface area contributed by atoms with Gasteiger partial charge in [0.05, 0.1) is 6.04 Å². The number of carbonyl (C=O) groups excluding carboxylic acids is 1. The Balaban J connectivity index is 2.29. The lowest BCUT2D eigenvalue weighted by atomic mass is 9.95. The Morgan fingerprint density at radius 3 is 2.79 bits per heavy atom. The lowest BCUT2D eigenvalue weighted by Gasteiger charge is -2.32. The summed E-state index contributed by atoms with van der Waals surface area (Å²) < 4.78 is 0. The lowest BCUT2D eigenvalue weighted by Crippen LogP contribution is -2.41. The first-order chi connectivity index (χ1) is 6.85. The molecule has 2 rings (SSSR count). The Hall–Kier alpha value is -1.15. The Kier molecular flexibility index (Phi) is 2.64. The molecule has 2 nitrogen and oxygen atoms in total. The number of hydrogen-bond donors (Lipinski definition) is 0. The van der Waals surface area contributed by atoms with Gasteiger partial charge in [0.2, 0.25) is 0 Å². The van der Waals surface area contributed by atoms with Gasteiger partial charge in [-0.05, 0) is 24.1 Å². The zero-order valence-electron chi connectivity index (χ0n) is 8.44. The van der Waals surface area contributed by atoms with Crippen LogP contribution in [0.25, 0.3) is 0 Å². The van der Waals surface area contributed by atoms with Gasteiger partial charge < -0.3 is 4.79 Å². The average molecular weight is 189 g/mol. The third-order valence-electron chi connectivity index (χ3n) is 2.95. The summed E-state index contributed by atoms with van der Waals surface area (Å²) in [6, 6.07) is 8.46. The predicted molar refractivity (Wildman–Crippen MR) is 56.1 cm³/mol. The first-order valence-corrected chi connectivity index (χ1v) is 5.11. The molecule has 2 heteroatoms. The van der Waals surface area contributed by atoms with E-state index in [-0.39, 0.29) is 6.04 Å². The molecule has 1 aliphatic rings. The third kappa shape index (κ3) is 1.58. The number of nitrogens with zero attached hydrogens (tertiary/aromatic N) is 1. The van der Waals surface area contributed by atoms with Gasteiger partial charge >= 0.3 is 0 Å². The van der Waals surface area contributed by atoms with E-state index in [1.165, 1.54) is 11.1 Å². The van der Waals surface area contributed by atoms with Crippen LogP contribution in [0.2, 0.25) is 0 Å². The minimum Gasteiger partial charge on any atom is -0.302 e. The molecule has 1 aromatic carbocycles. The number of benzene rings is 1. The fourth-order valence-corrected chi connectivity index (χ4v) is 2.08. The van der Waals surface area contributed by atoms with Crippen molar-refractivity contribution in [2.24, 2.45) is 0 Å². The highest BCUT2D eigenvalue weighted by atomic mass is 16.1. The molecule has 0 radical (unpaired) electrons. The fraction of sp³-hybridized carbons (Fsp3) is 0.417. The SMILES string of the molecule is CCN1Cc2ccccc2C[C@@H]1C=O. The summed E-state index contributed by atoms with van der Waals surface area (Å²) in [5, 5.41) is 0. The summed E-state index contributed by atoms with van der Waals surface area (Å²) in [5.41, 5.74) is 2.70. The van der Waals surface area contributed by atoms with E-state index >= 15 is 0 Å². The van der Waals surface area contributed by atoms with Crippen molar-refractivity contribution in [3.63, 3.8) is 0 Å². The smallest absolute Gasteiger partial charge is 0.137 e. The Morgan fingerprint density at radius 1 is 1.43 bits per heavy atom. The Labute approximate surface area is 84.5 Å². The minimum atomic E-state index is 0.0786. The molecule has 0 saturated carbocycles. The van der Waals surface area contributed by atoms with Crippen LogP contribution in [0.3, 0.4) is 0 Å². The first kappa shape index (κ1) is 9.41. The second-order valence-electron chi connectivity index (χ2n) is 3.74. The molecule has 14 heavy (non-hydrogen) atoms. The van der Waals surface area contributed by atoms with Crippen LogP contribution in [0.4, 0.5) is 0 Å². The maximum Gasteiger partial charge on any atom is 0.137 e. The highest BCUT2D eigenvalue weighted by molar-refractivity contribution is 5.59. The molecule has 0 bridgehead atoms. The van der Waals surface area contributed by atoms with Crippen LogP contribution in [0.15, 0.2) is 24.3 Å². The van der Waals surface area contributed by atoms with Crippen LogP contribution in [-0.2, 0) is 17.8 Å². The average Bonchev–Trinajstić information content (AvgIpc) is 2.27. The van der Waals surface area contributed by atoms with Gasteiger partial charge in [0.1, 0.15) is 6.29 Å². The monoisotopic (exact) mass is 189 g/mol. The van der Waals surface area contributed by atoms with Crippen molar-refractivity contribution in [2.75, 3.05) is 6.54 Å². The van der Waals surface area contributed by atoms with Crippen molar-refractivity contribution in [1.29, 1.82) is 0 Å². The van der Waals surface area contributed by atoms with Crippen molar-refractivity contribution in [1.82, 2.24) is 4.90 Å². The van der Waals surface area contributed by atoms with Crippen molar-refractivity contribution >= 4 is 6.29 Å². The highest BCUT2D eigenvalue weighted by Gasteiger charge is 2.23. The molecule has 0 saturated heterocycles. The molecule has 0 fully saturated rings. The summed E-state index contributed by atoms with van der Waals surface area (Å²) >= 11 is 0. The zero-order valence-corrected chi connectivity index (χ0v) is 8.44. The molecular formula is C12H15NO. The van der Waals surface area contributed by atoms with Gasteiger partial charge in [0.15, 0.2) is 0 Å². The number of rotatable bonds is 2. The molecule has 0 N–H and O–H groups in total. The van der Waals surface area contributed by atoms with Gasteiger partial charge in [-0.25, -0.2) is 0 Å². The number of likely N-dealkylation sites (N-methyl/N-ethyl adjacent to an activating group) is 1. The molecule has 0 unspecified atom stereocenters. The van der Waals surface area contributed by atoms with Gasteiger partial charge in [0.25, 0.3) is 0 Å². The number of hydrogen-bond acceptors (Lipinski definition) is 2. The van der Waals surface area contributed by atoms with Gasteiger partial charge in [-0.3, -0.25) is 4.90 Å². The number of aldehydes is 1. The standard InChI is InChI=1S/C12H15NO/c1-2-13-8-11-6-4-3-5-10(11)7-12(13)9-14/h3-6,9,12H,2,7-8H2,1H3/t12-/m1/s1. The minimum absolute atomic E-state index is 0.0786. The van der Waals surface area contributed by atoms with E-state index in [1.807, 2.05) is 6.07 Å². The maximum atomic E-state index is 10.9. The van der Waals surface area contributed by atoms with Crippen molar-refractivity contribution < 1.29 is 4.79 Å². The Morgan fingerprint density at radius 2 is 2.14 bits per heavy atom. The molecule has 1 aliphatic heterocycles. The molecular weight excluding hydrogens is 174 g/mol. The van der Waals surface area contributed by atoms with Crippen LogP contribution in [0.5, 0.6) is 0 Å². The van der Waals surface area contributed by atoms with E-state index in [2.05, 4.69) is 30.0 Å². The van der Waals surface area contributed by atoms with Gasteiger partial charge in [-0.2, -0.15) is 0 Å². The molecule has 0 aliphatic carbocycles. The normalized spacial score (nSPS) is 21.6. The lowest BCUT2D eigenvalue weighted by molar-refractivity contribution is -0.112. The summed E-state index contributed by atoms with van der Waals surface area (Å²) in [4.78, 5) is 13.1. The van der Waals surface area contributed by atoms with Crippen molar-refractivity contribution in [3.05, 3.63) is 35.4 Å². The predicted octanol–water partition coefficient (Wildman–Crippen LogP) is 1.63. The number of fused-ring (bicyclic) bond motifs is 1. The molecule has 1 atom stereocenters. The van der Waals surface area contributed by atoms with Gasteiger partial charge in [0, 0.05) is 6.54 Å². The van der Waals surface area contributed by atoms with Gasteiger partial charge in [-0.1, -0.05) is 31.2 Å². The van der Waals surface area contributed by atoms with Crippen LogP contribution >= 0.6 is 0 Å². The summed E-state index contributed by atoms with van der Waals surface area (Å²) in [7, 11) is 0. The Bertz CT molecular complexity index is 335. The van der Waals surface area contributed by atoms with Crippen LogP contribution in [0, 0.1) is 0 Å². The molecule has 0 aromatic heterocycles. The van der Waals surface area contributed by atoms with E-state index in [0.29, 0.717) is 0 Å². The molecule has 1 heterocycles. The van der Waals surface area contributed by atoms with Crippen LogP contribution < -0.4 is 0 Å². The van der Waals surface area contributed by atoms with E-state index < -0.39 is 0 Å². The molecule has 0 amide bonds. The largest absolute Gasteiger partial charge is 0.302 e. The second kappa shape index (κ2) is 3.93. The molecule has 0 spiro atoms. The topological polar surface area (TPSA) is 20.3 Å². The van der Waals surface area contributed by atoms with Crippen molar-refractivity contribution in [3.8, 4) is 0 Å². The molecule has 1 aromatic rings. The van der Waals surface area contributed by atoms with Gasteiger partial charge in [-0.15, -0.1) is 0 Å². The van der Waals surface area contributed by atoms with E-state index in [0.717, 1.165) is 25.8 Å². The summed E-state index contributed by atoms with van der Waals surface area (Å²) in [6.07, 6.45) is 1.94. The zero-order chi connectivity index (χ0) is 9.97. The quantitative estimate of drug-likeness (QED) is 0.659. The van der Waals surface area contributed by atoms with E-state index in [9.17, 15) is 4.79 Å².